The second-order valence-electron chi connectivity index (χ2n) is 5.38. The standard InChI is InChI=1S/C13H23FN2O2/c1-9(2)11(14)12(15-5)16-7-13(4,8-17)18-6-10(16)3/h9-10,17H,5-8H2,1-4H3/b12-11+/t10-,13?/m0/s1. The molecule has 0 aromatic rings. The molecule has 0 aromatic carbocycles. The fourth-order valence-electron chi connectivity index (χ4n) is 1.91. The number of hydrogen-bond donors (Lipinski definition) is 1. The molecular formula is C13H23FN2O2. The summed E-state index contributed by atoms with van der Waals surface area (Å²) in [5.74, 6) is -0.250. The molecular weight excluding hydrogens is 235 g/mol. The SMILES string of the molecule is C=N/C(=C(\F)C(C)C)N1CC(C)(CO)OC[C@@H]1C. The van der Waals surface area contributed by atoms with Gasteiger partial charge in [-0.1, -0.05) is 13.8 Å². The van der Waals surface area contributed by atoms with Crippen LogP contribution in [0.4, 0.5) is 4.39 Å². The van der Waals surface area contributed by atoms with Crippen LogP contribution in [0, 0.1) is 5.92 Å². The number of hydrogen-bond acceptors (Lipinski definition) is 4. The van der Waals surface area contributed by atoms with Crippen molar-refractivity contribution in [2.45, 2.75) is 39.3 Å². The molecule has 1 aliphatic rings. The van der Waals surface area contributed by atoms with Crippen molar-refractivity contribution in [3.63, 3.8) is 0 Å². The van der Waals surface area contributed by atoms with Crippen LogP contribution in [0.1, 0.15) is 27.7 Å². The van der Waals surface area contributed by atoms with Crippen LogP contribution in [0.5, 0.6) is 0 Å². The molecule has 1 fully saturated rings. The third kappa shape index (κ3) is 3.09. The summed E-state index contributed by atoms with van der Waals surface area (Å²) in [6.07, 6.45) is 0. The molecule has 1 rings (SSSR count). The van der Waals surface area contributed by atoms with E-state index in [2.05, 4.69) is 11.7 Å². The van der Waals surface area contributed by atoms with Crippen molar-refractivity contribution in [1.82, 2.24) is 4.90 Å². The van der Waals surface area contributed by atoms with Crippen LogP contribution in [0.2, 0.25) is 0 Å². The second-order valence-corrected chi connectivity index (χ2v) is 5.38. The normalized spacial score (nSPS) is 30.4. The molecule has 0 saturated carbocycles. The van der Waals surface area contributed by atoms with Gasteiger partial charge in [-0.2, -0.15) is 0 Å². The van der Waals surface area contributed by atoms with E-state index in [4.69, 9.17) is 4.74 Å². The number of morpholine rings is 1. The number of ether oxygens (including phenoxy) is 1. The van der Waals surface area contributed by atoms with Gasteiger partial charge in [0.2, 0.25) is 0 Å². The van der Waals surface area contributed by atoms with Crippen LogP contribution in [-0.4, -0.2) is 48.1 Å². The monoisotopic (exact) mass is 258 g/mol. The predicted octanol–water partition coefficient (Wildman–Crippen LogP) is 1.95. The maximum atomic E-state index is 14.1. The highest BCUT2D eigenvalue weighted by Crippen LogP contribution is 2.28. The molecule has 0 amide bonds. The molecule has 5 heteroatoms. The molecule has 2 atom stereocenters. The first-order valence-electron chi connectivity index (χ1n) is 6.22. The third-order valence-electron chi connectivity index (χ3n) is 3.19. The zero-order valence-corrected chi connectivity index (χ0v) is 11.6. The summed E-state index contributed by atoms with van der Waals surface area (Å²) in [5, 5.41) is 9.35. The van der Waals surface area contributed by atoms with Crippen LogP contribution < -0.4 is 0 Å². The topological polar surface area (TPSA) is 45.1 Å². The number of allylic oxidation sites excluding steroid dienone is 1. The first-order chi connectivity index (χ1) is 8.34. The Labute approximate surface area is 108 Å². The fourth-order valence-corrected chi connectivity index (χ4v) is 1.91. The van der Waals surface area contributed by atoms with Crippen LogP contribution in [0.15, 0.2) is 16.6 Å². The minimum atomic E-state index is -0.681. The summed E-state index contributed by atoms with van der Waals surface area (Å²) in [5.41, 5.74) is -0.681. The fraction of sp³-hybridized carbons (Fsp3) is 0.769. The summed E-state index contributed by atoms with van der Waals surface area (Å²) in [6, 6.07) is 0.00891. The highest BCUT2D eigenvalue weighted by atomic mass is 19.1. The first kappa shape index (κ1) is 15.1. The number of aliphatic hydroxyl groups excluding tert-OH is 1. The highest BCUT2D eigenvalue weighted by Gasteiger charge is 2.37. The van der Waals surface area contributed by atoms with E-state index in [1.165, 1.54) is 0 Å². The molecule has 1 unspecified atom stereocenters. The van der Waals surface area contributed by atoms with Crippen LogP contribution >= 0.6 is 0 Å². The number of aliphatic hydroxyl groups is 1. The van der Waals surface area contributed by atoms with Crippen LogP contribution in [0.3, 0.4) is 0 Å². The van der Waals surface area contributed by atoms with Gasteiger partial charge in [0.25, 0.3) is 0 Å². The van der Waals surface area contributed by atoms with Gasteiger partial charge in [-0.15, -0.1) is 0 Å². The lowest BCUT2D eigenvalue weighted by Crippen LogP contribution is -2.55. The Morgan fingerprint density at radius 2 is 2.28 bits per heavy atom. The second kappa shape index (κ2) is 5.80. The maximum Gasteiger partial charge on any atom is 0.160 e. The lowest BCUT2D eigenvalue weighted by Gasteiger charge is -2.44. The quantitative estimate of drug-likeness (QED) is 0.784. The summed E-state index contributed by atoms with van der Waals surface area (Å²) in [7, 11) is 0. The largest absolute Gasteiger partial charge is 0.393 e. The van der Waals surface area contributed by atoms with E-state index in [-0.39, 0.29) is 30.2 Å². The average Bonchev–Trinajstić information content (AvgIpc) is 2.34. The summed E-state index contributed by atoms with van der Waals surface area (Å²) in [6.45, 7) is 11.5. The van der Waals surface area contributed by atoms with E-state index in [0.29, 0.717) is 13.2 Å². The lowest BCUT2D eigenvalue weighted by atomic mass is 10.0. The Hall–Kier alpha value is -0.940. The molecule has 0 bridgehead atoms. The lowest BCUT2D eigenvalue weighted by molar-refractivity contribution is -0.133. The molecule has 0 aromatic heterocycles. The minimum absolute atomic E-state index is 0.00891. The van der Waals surface area contributed by atoms with Crippen molar-refractivity contribution in [1.29, 1.82) is 0 Å². The number of rotatable bonds is 4. The van der Waals surface area contributed by atoms with E-state index in [9.17, 15) is 9.50 Å². The molecule has 4 nitrogen and oxygen atoms in total. The first-order valence-corrected chi connectivity index (χ1v) is 6.22. The van der Waals surface area contributed by atoms with Gasteiger partial charge in [0.1, 0.15) is 11.4 Å². The molecule has 1 aliphatic heterocycles. The van der Waals surface area contributed by atoms with E-state index in [1.807, 2.05) is 11.8 Å². The van der Waals surface area contributed by atoms with Gasteiger partial charge >= 0.3 is 0 Å². The van der Waals surface area contributed by atoms with Crippen molar-refractivity contribution in [3.05, 3.63) is 11.6 Å². The van der Waals surface area contributed by atoms with Gasteiger partial charge in [-0.05, 0) is 20.6 Å². The van der Waals surface area contributed by atoms with Gasteiger partial charge in [0.15, 0.2) is 5.82 Å². The van der Waals surface area contributed by atoms with Gasteiger partial charge in [-0.3, -0.25) is 0 Å². The van der Waals surface area contributed by atoms with E-state index in [0.717, 1.165) is 0 Å². The smallest absolute Gasteiger partial charge is 0.160 e. The number of halogens is 1. The van der Waals surface area contributed by atoms with E-state index < -0.39 is 5.60 Å². The molecule has 1 N–H and O–H groups in total. The Morgan fingerprint density at radius 1 is 1.67 bits per heavy atom. The molecule has 104 valence electrons. The number of aliphatic imine (C=N–C) groups is 1. The Bertz CT molecular complexity index is 344. The van der Waals surface area contributed by atoms with Crippen molar-refractivity contribution < 1.29 is 14.2 Å². The Balaban J connectivity index is 3.04. The van der Waals surface area contributed by atoms with Crippen molar-refractivity contribution in [3.8, 4) is 0 Å². The summed E-state index contributed by atoms with van der Waals surface area (Å²) >= 11 is 0. The Kier molecular flexibility index (Phi) is 4.87. The molecule has 0 radical (unpaired) electrons. The summed E-state index contributed by atoms with van der Waals surface area (Å²) < 4.78 is 19.7. The van der Waals surface area contributed by atoms with Gasteiger partial charge in [-0.25, -0.2) is 9.38 Å². The number of nitrogens with zero attached hydrogens (tertiary/aromatic N) is 2. The molecule has 1 heterocycles. The van der Waals surface area contributed by atoms with E-state index in [1.54, 1.807) is 20.8 Å². The van der Waals surface area contributed by atoms with E-state index >= 15 is 0 Å². The molecule has 0 spiro atoms. The van der Waals surface area contributed by atoms with Crippen molar-refractivity contribution >= 4 is 6.72 Å². The highest BCUT2D eigenvalue weighted by molar-refractivity contribution is 5.30. The van der Waals surface area contributed by atoms with Crippen LogP contribution in [0.25, 0.3) is 0 Å². The van der Waals surface area contributed by atoms with Gasteiger partial charge < -0.3 is 14.7 Å². The third-order valence-corrected chi connectivity index (χ3v) is 3.19. The Morgan fingerprint density at radius 3 is 2.72 bits per heavy atom. The zero-order chi connectivity index (χ0) is 13.9. The zero-order valence-electron chi connectivity index (χ0n) is 11.6. The average molecular weight is 258 g/mol. The summed E-state index contributed by atoms with van der Waals surface area (Å²) in [4.78, 5) is 5.65. The molecule has 0 aliphatic carbocycles. The van der Waals surface area contributed by atoms with Crippen molar-refractivity contribution in [2.75, 3.05) is 19.8 Å². The van der Waals surface area contributed by atoms with Gasteiger partial charge in [0, 0.05) is 5.92 Å². The predicted molar refractivity (Wildman–Crippen MR) is 70.1 cm³/mol. The van der Waals surface area contributed by atoms with Gasteiger partial charge in [0.05, 0.1) is 25.8 Å². The molecule has 1 saturated heterocycles. The maximum absolute atomic E-state index is 14.1. The van der Waals surface area contributed by atoms with Crippen molar-refractivity contribution in [2.24, 2.45) is 10.9 Å². The van der Waals surface area contributed by atoms with Crippen LogP contribution in [-0.2, 0) is 4.74 Å². The minimum Gasteiger partial charge on any atom is -0.393 e. The molecule has 18 heavy (non-hydrogen) atoms.